The van der Waals surface area contributed by atoms with Crippen LogP contribution in [0.4, 0.5) is 5.69 Å². The molecule has 1 atom stereocenters. The number of fused-ring (bicyclic) bond motifs is 1. The summed E-state index contributed by atoms with van der Waals surface area (Å²) in [6, 6.07) is 13.8. The van der Waals surface area contributed by atoms with Gasteiger partial charge in [-0.1, -0.05) is 6.07 Å². The van der Waals surface area contributed by atoms with Crippen LogP contribution in [-0.2, 0) is 9.53 Å². The van der Waals surface area contributed by atoms with Crippen LogP contribution < -0.4 is 5.32 Å². The molecule has 1 fully saturated rings. The molecule has 2 heterocycles. The molecule has 24 heavy (non-hydrogen) atoms. The van der Waals surface area contributed by atoms with Gasteiger partial charge in [0, 0.05) is 17.9 Å². The normalized spacial score (nSPS) is 17.3. The van der Waals surface area contributed by atoms with E-state index in [1.54, 1.807) is 0 Å². The van der Waals surface area contributed by atoms with Crippen molar-refractivity contribution in [3.63, 3.8) is 0 Å². The third-order valence-electron chi connectivity index (χ3n) is 4.29. The molecule has 2 N–H and O–H groups in total. The third kappa shape index (κ3) is 2.90. The molecule has 122 valence electrons. The molecule has 0 spiro atoms. The van der Waals surface area contributed by atoms with E-state index >= 15 is 0 Å². The Bertz CT molecular complexity index is 877. The number of aryl methyl sites for hydroxylation is 1. The number of H-pyrrole nitrogens is 1. The number of benzene rings is 2. The Morgan fingerprint density at radius 3 is 2.83 bits per heavy atom. The van der Waals surface area contributed by atoms with Crippen molar-refractivity contribution in [1.82, 2.24) is 9.97 Å². The van der Waals surface area contributed by atoms with E-state index in [-0.39, 0.29) is 12.0 Å². The first kappa shape index (κ1) is 14.9. The molecule has 2 aromatic carbocycles. The summed E-state index contributed by atoms with van der Waals surface area (Å²) in [7, 11) is 0. The van der Waals surface area contributed by atoms with Gasteiger partial charge in [-0.05, 0) is 61.7 Å². The summed E-state index contributed by atoms with van der Waals surface area (Å²) in [5.41, 5.74) is 4.93. The minimum absolute atomic E-state index is 0.0699. The van der Waals surface area contributed by atoms with E-state index < -0.39 is 0 Å². The Morgan fingerprint density at radius 1 is 1.25 bits per heavy atom. The molecule has 4 rings (SSSR count). The van der Waals surface area contributed by atoms with Crippen LogP contribution in [-0.4, -0.2) is 28.6 Å². The maximum atomic E-state index is 12.1. The zero-order valence-corrected chi connectivity index (χ0v) is 13.5. The second kappa shape index (κ2) is 6.09. The van der Waals surface area contributed by atoms with Crippen LogP contribution in [0.3, 0.4) is 0 Å². The molecule has 5 heteroatoms. The number of hydrogen-bond acceptors (Lipinski definition) is 3. The first-order chi connectivity index (χ1) is 11.7. The van der Waals surface area contributed by atoms with E-state index in [9.17, 15) is 4.79 Å². The number of rotatable bonds is 3. The molecule has 1 aliphatic heterocycles. The summed E-state index contributed by atoms with van der Waals surface area (Å²) in [5.74, 6) is 0.757. The van der Waals surface area contributed by atoms with Crippen molar-refractivity contribution in [2.75, 3.05) is 11.9 Å². The second-order valence-electron chi connectivity index (χ2n) is 6.17. The average molecular weight is 321 g/mol. The summed E-state index contributed by atoms with van der Waals surface area (Å²) >= 11 is 0. The van der Waals surface area contributed by atoms with Crippen molar-refractivity contribution in [3.05, 3.63) is 48.0 Å². The average Bonchev–Trinajstić information content (AvgIpc) is 3.24. The van der Waals surface area contributed by atoms with E-state index in [1.807, 2.05) is 30.3 Å². The number of carbonyl (C=O) groups excluding carboxylic acids is 1. The SMILES string of the molecule is Cc1ccc2nc(-c3ccc(NC(=O)[C@@H]4CCCO4)cc3)[nH]c2c1. The Balaban J connectivity index is 1.53. The Kier molecular flexibility index (Phi) is 3.78. The number of nitrogens with one attached hydrogen (secondary N) is 2. The van der Waals surface area contributed by atoms with E-state index in [1.165, 1.54) is 5.56 Å². The number of hydrogen-bond donors (Lipinski definition) is 2. The van der Waals surface area contributed by atoms with Crippen LogP contribution in [0.2, 0.25) is 0 Å². The Labute approximate surface area is 140 Å². The van der Waals surface area contributed by atoms with Crippen molar-refractivity contribution in [1.29, 1.82) is 0 Å². The fourth-order valence-corrected chi connectivity index (χ4v) is 2.98. The van der Waals surface area contributed by atoms with Gasteiger partial charge in [0.1, 0.15) is 11.9 Å². The molecule has 0 radical (unpaired) electrons. The van der Waals surface area contributed by atoms with Crippen molar-refractivity contribution < 1.29 is 9.53 Å². The smallest absolute Gasteiger partial charge is 0.253 e. The zero-order chi connectivity index (χ0) is 16.5. The van der Waals surface area contributed by atoms with E-state index in [4.69, 9.17) is 4.74 Å². The lowest BCUT2D eigenvalue weighted by atomic mass is 10.2. The number of nitrogens with zero attached hydrogens (tertiary/aromatic N) is 1. The van der Waals surface area contributed by atoms with Gasteiger partial charge in [0.25, 0.3) is 5.91 Å². The largest absolute Gasteiger partial charge is 0.368 e. The van der Waals surface area contributed by atoms with Crippen LogP contribution in [0, 0.1) is 6.92 Å². The molecule has 0 unspecified atom stereocenters. The fraction of sp³-hybridized carbons (Fsp3) is 0.263. The summed E-state index contributed by atoms with van der Waals surface area (Å²) in [4.78, 5) is 20.0. The predicted molar refractivity (Wildman–Crippen MR) is 93.9 cm³/mol. The van der Waals surface area contributed by atoms with Crippen molar-refractivity contribution in [2.24, 2.45) is 0 Å². The number of amides is 1. The molecular formula is C19H19N3O2. The number of anilines is 1. The minimum atomic E-state index is -0.316. The monoisotopic (exact) mass is 321 g/mol. The summed E-state index contributed by atoms with van der Waals surface area (Å²) in [6.07, 6.45) is 1.42. The lowest BCUT2D eigenvalue weighted by molar-refractivity contribution is -0.124. The molecule has 5 nitrogen and oxygen atoms in total. The van der Waals surface area contributed by atoms with Gasteiger partial charge in [-0.25, -0.2) is 4.98 Å². The van der Waals surface area contributed by atoms with Gasteiger partial charge in [0.2, 0.25) is 0 Å². The number of ether oxygens (including phenoxy) is 1. The zero-order valence-electron chi connectivity index (χ0n) is 13.5. The Morgan fingerprint density at radius 2 is 2.08 bits per heavy atom. The maximum absolute atomic E-state index is 12.1. The fourth-order valence-electron chi connectivity index (χ4n) is 2.98. The van der Waals surface area contributed by atoms with E-state index in [2.05, 4.69) is 34.3 Å². The maximum Gasteiger partial charge on any atom is 0.253 e. The highest BCUT2D eigenvalue weighted by Crippen LogP contribution is 2.23. The van der Waals surface area contributed by atoms with E-state index in [0.717, 1.165) is 41.0 Å². The van der Waals surface area contributed by atoms with Crippen molar-refractivity contribution >= 4 is 22.6 Å². The van der Waals surface area contributed by atoms with Gasteiger partial charge in [0.15, 0.2) is 0 Å². The highest BCUT2D eigenvalue weighted by molar-refractivity contribution is 5.94. The van der Waals surface area contributed by atoms with Crippen molar-refractivity contribution in [2.45, 2.75) is 25.9 Å². The molecule has 3 aromatic rings. The third-order valence-corrected chi connectivity index (χ3v) is 4.29. The van der Waals surface area contributed by atoms with Crippen LogP contribution in [0.25, 0.3) is 22.4 Å². The topological polar surface area (TPSA) is 67.0 Å². The molecule has 1 aromatic heterocycles. The first-order valence-electron chi connectivity index (χ1n) is 8.18. The molecule has 0 bridgehead atoms. The van der Waals surface area contributed by atoms with Gasteiger partial charge in [-0.15, -0.1) is 0 Å². The summed E-state index contributed by atoms with van der Waals surface area (Å²) < 4.78 is 5.40. The van der Waals surface area contributed by atoms with Gasteiger partial charge in [-0.2, -0.15) is 0 Å². The molecule has 0 saturated carbocycles. The predicted octanol–water partition coefficient (Wildman–Crippen LogP) is 3.66. The highest BCUT2D eigenvalue weighted by atomic mass is 16.5. The quantitative estimate of drug-likeness (QED) is 0.773. The van der Waals surface area contributed by atoms with Gasteiger partial charge in [0.05, 0.1) is 11.0 Å². The standard InChI is InChI=1S/C19H19N3O2/c1-12-4-9-15-16(11-12)22-18(21-15)13-5-7-14(8-6-13)20-19(23)17-3-2-10-24-17/h4-9,11,17H,2-3,10H2,1H3,(H,20,23)(H,21,22)/t17-/m0/s1. The number of carbonyl (C=O) groups is 1. The van der Waals surface area contributed by atoms with E-state index in [0.29, 0.717) is 6.61 Å². The number of aromatic nitrogens is 2. The van der Waals surface area contributed by atoms with Crippen LogP contribution >= 0.6 is 0 Å². The number of imidazole rings is 1. The molecule has 0 aliphatic carbocycles. The summed E-state index contributed by atoms with van der Waals surface area (Å²) in [5, 5.41) is 2.90. The second-order valence-corrected chi connectivity index (χ2v) is 6.17. The van der Waals surface area contributed by atoms with Crippen LogP contribution in [0.1, 0.15) is 18.4 Å². The van der Waals surface area contributed by atoms with Crippen molar-refractivity contribution in [3.8, 4) is 11.4 Å². The Hall–Kier alpha value is -2.66. The van der Waals surface area contributed by atoms with Gasteiger partial charge in [-0.3, -0.25) is 4.79 Å². The first-order valence-corrected chi connectivity index (χ1v) is 8.18. The van der Waals surface area contributed by atoms with Crippen LogP contribution in [0.15, 0.2) is 42.5 Å². The molecule has 1 saturated heterocycles. The lowest BCUT2D eigenvalue weighted by Gasteiger charge is -2.10. The van der Waals surface area contributed by atoms with Gasteiger partial charge < -0.3 is 15.0 Å². The molecule has 1 aliphatic rings. The summed E-state index contributed by atoms with van der Waals surface area (Å²) in [6.45, 7) is 2.73. The highest BCUT2D eigenvalue weighted by Gasteiger charge is 2.23. The lowest BCUT2D eigenvalue weighted by Crippen LogP contribution is -2.26. The van der Waals surface area contributed by atoms with Crippen LogP contribution in [0.5, 0.6) is 0 Å². The molecular weight excluding hydrogens is 302 g/mol. The van der Waals surface area contributed by atoms with Gasteiger partial charge >= 0.3 is 0 Å². The number of aromatic amines is 1. The molecule has 1 amide bonds. The minimum Gasteiger partial charge on any atom is -0.368 e.